The number of amides is 1. The first-order chi connectivity index (χ1) is 12.8. The van der Waals surface area contributed by atoms with Gasteiger partial charge in [0.1, 0.15) is 0 Å². The zero-order chi connectivity index (χ0) is 20.0. The Balaban J connectivity index is 2.03. The summed E-state index contributed by atoms with van der Waals surface area (Å²) in [7, 11) is 0. The van der Waals surface area contributed by atoms with Crippen molar-refractivity contribution in [2.24, 2.45) is 0 Å². The molecule has 0 spiro atoms. The number of benzene rings is 2. The molecule has 8 heteroatoms. The van der Waals surface area contributed by atoms with Crippen LogP contribution in [0.15, 0.2) is 42.5 Å². The molecule has 0 heterocycles. The lowest BCUT2D eigenvalue weighted by Crippen LogP contribution is -2.22. The number of hydrogen-bond acceptors (Lipinski definition) is 6. The molecule has 0 radical (unpaired) electrons. The largest absolute Gasteiger partial charge is 0.452 e. The highest BCUT2D eigenvalue weighted by Gasteiger charge is 2.18. The van der Waals surface area contributed by atoms with Crippen molar-refractivity contribution in [1.82, 2.24) is 0 Å². The second-order valence-electron chi connectivity index (χ2n) is 6.05. The first-order valence-corrected chi connectivity index (χ1v) is 8.43. The zero-order valence-electron chi connectivity index (χ0n) is 15.1. The van der Waals surface area contributed by atoms with Crippen molar-refractivity contribution in [2.75, 3.05) is 17.7 Å². The van der Waals surface area contributed by atoms with Crippen molar-refractivity contribution < 1.29 is 19.2 Å². The minimum absolute atomic E-state index is 0.0353. The Morgan fingerprint density at radius 2 is 1.96 bits per heavy atom. The lowest BCUT2D eigenvalue weighted by molar-refractivity contribution is -0.384. The van der Waals surface area contributed by atoms with Crippen LogP contribution < -0.4 is 11.1 Å². The van der Waals surface area contributed by atoms with Crippen LogP contribution in [-0.2, 0) is 9.53 Å². The predicted octanol–water partition coefficient (Wildman–Crippen LogP) is 3.49. The van der Waals surface area contributed by atoms with Gasteiger partial charge in [0, 0.05) is 23.5 Å². The Kier molecular flexibility index (Phi) is 6.48. The van der Waals surface area contributed by atoms with Gasteiger partial charge in [-0.3, -0.25) is 14.9 Å². The fraction of sp³-hybridized carbons (Fsp3) is 0.263. The number of nitrogens with one attached hydrogen (secondary N) is 1. The van der Waals surface area contributed by atoms with Crippen molar-refractivity contribution in [3.63, 3.8) is 0 Å². The molecule has 0 fully saturated rings. The molecule has 2 aromatic carbocycles. The Morgan fingerprint density at radius 1 is 1.26 bits per heavy atom. The summed E-state index contributed by atoms with van der Waals surface area (Å²) in [5.74, 6) is -1.15. The number of rotatable bonds is 7. The Bertz CT molecular complexity index is 866. The zero-order valence-corrected chi connectivity index (χ0v) is 15.1. The normalized spacial score (nSPS) is 11.5. The van der Waals surface area contributed by atoms with Crippen molar-refractivity contribution in [1.29, 1.82) is 0 Å². The van der Waals surface area contributed by atoms with E-state index in [1.54, 1.807) is 12.1 Å². The summed E-state index contributed by atoms with van der Waals surface area (Å²) in [6.45, 7) is 3.57. The average Bonchev–Trinajstić information content (AvgIpc) is 2.66. The summed E-state index contributed by atoms with van der Waals surface area (Å²) in [5.41, 5.74) is 6.90. The number of esters is 1. The molecule has 2 rings (SSSR count). The first-order valence-electron chi connectivity index (χ1n) is 8.43. The van der Waals surface area contributed by atoms with E-state index in [9.17, 15) is 19.7 Å². The smallest absolute Gasteiger partial charge is 0.341 e. The van der Waals surface area contributed by atoms with E-state index in [0.717, 1.165) is 18.1 Å². The molecular formula is C19H21N3O5. The van der Waals surface area contributed by atoms with Gasteiger partial charge in [0.25, 0.3) is 11.6 Å². The predicted molar refractivity (Wildman–Crippen MR) is 102 cm³/mol. The van der Waals surface area contributed by atoms with E-state index in [-0.39, 0.29) is 22.9 Å². The molecule has 3 N–H and O–H groups in total. The summed E-state index contributed by atoms with van der Waals surface area (Å²) < 4.78 is 4.95. The van der Waals surface area contributed by atoms with Crippen LogP contribution in [0, 0.1) is 10.1 Å². The van der Waals surface area contributed by atoms with Crippen LogP contribution in [0.3, 0.4) is 0 Å². The molecule has 1 amide bonds. The molecule has 1 atom stereocenters. The van der Waals surface area contributed by atoms with Crippen LogP contribution in [0.25, 0.3) is 0 Å². The van der Waals surface area contributed by atoms with Gasteiger partial charge in [-0.2, -0.15) is 0 Å². The molecule has 0 aliphatic rings. The first kappa shape index (κ1) is 19.9. The maximum atomic E-state index is 12.1. The summed E-state index contributed by atoms with van der Waals surface area (Å²) in [6, 6.07) is 10.9. The van der Waals surface area contributed by atoms with Crippen LogP contribution in [0.1, 0.15) is 42.1 Å². The number of nitro groups is 1. The average molecular weight is 371 g/mol. The van der Waals surface area contributed by atoms with E-state index in [2.05, 4.69) is 19.2 Å². The standard InChI is InChI=1S/C19H21N3O5/c1-3-12(2)14-6-4-5-7-17(14)21-18(23)11-27-19(24)15-10-13(22(25)26)8-9-16(15)20/h4-10,12H,3,11,20H2,1-2H3,(H,21,23)/t12-/m1/s1. The molecule has 0 bridgehead atoms. The van der Waals surface area contributed by atoms with Crippen LogP contribution in [-0.4, -0.2) is 23.4 Å². The maximum Gasteiger partial charge on any atom is 0.341 e. The summed E-state index contributed by atoms with van der Waals surface area (Å²) in [5, 5.41) is 13.5. The van der Waals surface area contributed by atoms with Crippen molar-refractivity contribution in [3.8, 4) is 0 Å². The molecule has 0 saturated carbocycles. The highest BCUT2D eigenvalue weighted by Crippen LogP contribution is 2.26. The minimum atomic E-state index is -0.901. The number of carbonyl (C=O) groups is 2. The van der Waals surface area contributed by atoms with Gasteiger partial charge in [-0.15, -0.1) is 0 Å². The molecule has 0 aliphatic carbocycles. The Hall–Kier alpha value is -3.42. The lowest BCUT2D eigenvalue weighted by atomic mass is 9.97. The van der Waals surface area contributed by atoms with E-state index in [0.29, 0.717) is 5.69 Å². The lowest BCUT2D eigenvalue weighted by Gasteiger charge is -2.15. The fourth-order valence-electron chi connectivity index (χ4n) is 2.49. The molecule has 0 aliphatic heterocycles. The van der Waals surface area contributed by atoms with E-state index < -0.39 is 23.4 Å². The van der Waals surface area contributed by atoms with E-state index in [4.69, 9.17) is 10.5 Å². The number of anilines is 2. The van der Waals surface area contributed by atoms with Gasteiger partial charge in [-0.25, -0.2) is 4.79 Å². The van der Waals surface area contributed by atoms with Gasteiger partial charge in [0.15, 0.2) is 6.61 Å². The third kappa shape index (κ3) is 5.04. The minimum Gasteiger partial charge on any atom is -0.452 e. The fourth-order valence-corrected chi connectivity index (χ4v) is 2.49. The summed E-state index contributed by atoms with van der Waals surface area (Å²) >= 11 is 0. The molecule has 27 heavy (non-hydrogen) atoms. The number of nitrogens with zero attached hydrogens (tertiary/aromatic N) is 1. The topological polar surface area (TPSA) is 125 Å². The SMILES string of the molecule is CC[C@@H](C)c1ccccc1NC(=O)COC(=O)c1cc([N+](=O)[O-])ccc1N. The Morgan fingerprint density at radius 3 is 2.63 bits per heavy atom. The molecule has 8 nitrogen and oxygen atoms in total. The van der Waals surface area contributed by atoms with Gasteiger partial charge in [0.05, 0.1) is 10.5 Å². The van der Waals surface area contributed by atoms with Gasteiger partial charge in [0.2, 0.25) is 0 Å². The van der Waals surface area contributed by atoms with E-state index >= 15 is 0 Å². The molecule has 0 unspecified atom stereocenters. The second-order valence-corrected chi connectivity index (χ2v) is 6.05. The third-order valence-electron chi connectivity index (χ3n) is 4.18. The number of hydrogen-bond donors (Lipinski definition) is 2. The van der Waals surface area contributed by atoms with Crippen LogP contribution in [0.4, 0.5) is 17.1 Å². The number of nitrogens with two attached hydrogens (primary N) is 1. The van der Waals surface area contributed by atoms with E-state index in [1.807, 2.05) is 12.1 Å². The number of nitro benzene ring substituents is 1. The molecule has 2 aromatic rings. The van der Waals surface area contributed by atoms with E-state index in [1.165, 1.54) is 12.1 Å². The summed E-state index contributed by atoms with van der Waals surface area (Å²) in [4.78, 5) is 34.4. The molecular weight excluding hydrogens is 350 g/mol. The molecule has 0 aromatic heterocycles. The van der Waals surface area contributed by atoms with Crippen LogP contribution in [0.5, 0.6) is 0 Å². The highest BCUT2D eigenvalue weighted by atomic mass is 16.6. The Labute approximate surface area is 156 Å². The van der Waals surface area contributed by atoms with Gasteiger partial charge < -0.3 is 15.8 Å². The van der Waals surface area contributed by atoms with Crippen molar-refractivity contribution >= 4 is 28.9 Å². The quantitative estimate of drug-likeness (QED) is 0.332. The van der Waals surface area contributed by atoms with Gasteiger partial charge in [-0.1, -0.05) is 32.0 Å². The van der Waals surface area contributed by atoms with Crippen LogP contribution >= 0.6 is 0 Å². The number of nitrogen functional groups attached to an aromatic ring is 1. The highest BCUT2D eigenvalue weighted by molar-refractivity contribution is 5.98. The summed E-state index contributed by atoms with van der Waals surface area (Å²) in [6.07, 6.45) is 0.911. The number of carbonyl (C=O) groups excluding carboxylic acids is 2. The van der Waals surface area contributed by atoms with Gasteiger partial charge in [-0.05, 0) is 30.0 Å². The number of para-hydroxylation sites is 1. The molecule has 0 saturated heterocycles. The van der Waals surface area contributed by atoms with Crippen molar-refractivity contribution in [2.45, 2.75) is 26.2 Å². The number of non-ortho nitro benzene ring substituents is 1. The van der Waals surface area contributed by atoms with Crippen molar-refractivity contribution in [3.05, 3.63) is 63.7 Å². The number of ether oxygens (including phenoxy) is 1. The monoisotopic (exact) mass is 371 g/mol. The second kappa shape index (κ2) is 8.79. The van der Waals surface area contributed by atoms with Crippen LogP contribution in [0.2, 0.25) is 0 Å². The maximum absolute atomic E-state index is 12.1. The molecule has 142 valence electrons. The third-order valence-corrected chi connectivity index (χ3v) is 4.18. The van der Waals surface area contributed by atoms with Gasteiger partial charge >= 0.3 is 5.97 Å².